The topological polar surface area (TPSA) is 59.1 Å². The molecule has 166 valence electrons. The molecule has 0 radical (unpaired) electrons. The largest absolute Gasteiger partial charge is 0.484 e. The molecule has 1 amide bonds. The fraction of sp³-hybridized carbons (Fsp3) is 0.417. The molecule has 1 saturated heterocycles. The summed E-state index contributed by atoms with van der Waals surface area (Å²) in [4.78, 5) is 28.6. The number of hydrogen-bond donors (Lipinski definition) is 0. The summed E-state index contributed by atoms with van der Waals surface area (Å²) in [5.74, 6) is -0.171. The van der Waals surface area contributed by atoms with Gasteiger partial charge in [0.15, 0.2) is 6.61 Å². The molecule has 1 fully saturated rings. The number of esters is 1. The van der Waals surface area contributed by atoms with Gasteiger partial charge in [0.2, 0.25) is 0 Å². The van der Waals surface area contributed by atoms with E-state index in [0.717, 1.165) is 18.7 Å². The molecule has 0 spiro atoms. The van der Waals surface area contributed by atoms with Crippen LogP contribution < -0.4 is 4.74 Å². The van der Waals surface area contributed by atoms with Crippen LogP contribution in [0.15, 0.2) is 48.5 Å². The van der Waals surface area contributed by atoms with Gasteiger partial charge in [0.25, 0.3) is 5.91 Å². The Morgan fingerprint density at radius 1 is 1.00 bits per heavy atom. The van der Waals surface area contributed by atoms with E-state index in [0.29, 0.717) is 24.5 Å². The van der Waals surface area contributed by atoms with Crippen LogP contribution in [-0.2, 0) is 16.1 Å². The highest BCUT2D eigenvalue weighted by Gasteiger charge is 2.32. The molecule has 7 heteroatoms. The highest BCUT2D eigenvalue weighted by molar-refractivity contribution is 5.89. The molecule has 1 aliphatic heterocycles. The summed E-state index contributed by atoms with van der Waals surface area (Å²) in [6, 6.07) is 13.3. The van der Waals surface area contributed by atoms with Crippen molar-refractivity contribution < 1.29 is 23.5 Å². The van der Waals surface area contributed by atoms with Crippen molar-refractivity contribution in [2.45, 2.75) is 39.4 Å². The maximum atomic E-state index is 13.1. The lowest BCUT2D eigenvalue weighted by Gasteiger charge is -2.44. The molecule has 2 atom stereocenters. The Morgan fingerprint density at radius 3 is 2.32 bits per heavy atom. The second-order valence-electron chi connectivity index (χ2n) is 7.83. The van der Waals surface area contributed by atoms with E-state index in [1.54, 1.807) is 43.3 Å². The van der Waals surface area contributed by atoms with Gasteiger partial charge in [-0.2, -0.15) is 0 Å². The molecule has 0 saturated carbocycles. The number of carbonyl (C=O) groups excluding carboxylic acids is 2. The van der Waals surface area contributed by atoms with E-state index in [1.165, 1.54) is 12.1 Å². The summed E-state index contributed by atoms with van der Waals surface area (Å²) in [6.07, 6.45) is 0. The maximum absolute atomic E-state index is 13.1. The molecule has 0 unspecified atom stereocenters. The summed E-state index contributed by atoms with van der Waals surface area (Å²) < 4.78 is 23.7. The normalized spacial score (nSPS) is 19.2. The molecule has 2 aromatic rings. The molecule has 3 rings (SSSR count). The first-order valence-electron chi connectivity index (χ1n) is 10.5. The maximum Gasteiger partial charge on any atom is 0.338 e. The Hall–Kier alpha value is -2.93. The standard InChI is InChI=1S/C24H29FN2O4/c1-4-30-24(29)20-7-11-22(12-8-20)31-16-23(28)27-14-17(2)26(13-18(27)3)15-19-5-9-21(25)10-6-19/h5-12,17-18H,4,13-16H2,1-3H3/t17-,18+/m0/s1. The zero-order valence-electron chi connectivity index (χ0n) is 18.2. The minimum atomic E-state index is -0.383. The number of halogens is 1. The summed E-state index contributed by atoms with van der Waals surface area (Å²) >= 11 is 0. The van der Waals surface area contributed by atoms with Crippen molar-refractivity contribution in [3.8, 4) is 5.75 Å². The quantitative estimate of drug-likeness (QED) is 0.632. The number of piperazine rings is 1. The molecule has 1 heterocycles. The summed E-state index contributed by atoms with van der Waals surface area (Å²) in [5.41, 5.74) is 1.50. The molecule has 31 heavy (non-hydrogen) atoms. The van der Waals surface area contributed by atoms with Crippen molar-refractivity contribution >= 4 is 11.9 Å². The van der Waals surface area contributed by atoms with Crippen LogP contribution in [0, 0.1) is 5.82 Å². The van der Waals surface area contributed by atoms with Crippen molar-refractivity contribution in [2.24, 2.45) is 0 Å². The Kier molecular flexibility index (Phi) is 7.63. The Labute approximate surface area is 182 Å². The number of carbonyl (C=O) groups is 2. The number of ether oxygens (including phenoxy) is 2. The lowest BCUT2D eigenvalue weighted by Crippen LogP contribution is -2.58. The zero-order valence-corrected chi connectivity index (χ0v) is 18.2. The fourth-order valence-corrected chi connectivity index (χ4v) is 3.72. The average molecular weight is 429 g/mol. The molecule has 0 aliphatic carbocycles. The van der Waals surface area contributed by atoms with E-state index in [9.17, 15) is 14.0 Å². The number of hydrogen-bond acceptors (Lipinski definition) is 5. The predicted octanol–water partition coefficient (Wildman–Crippen LogP) is 3.50. The van der Waals surface area contributed by atoms with Crippen LogP contribution in [0.25, 0.3) is 0 Å². The smallest absolute Gasteiger partial charge is 0.338 e. The minimum absolute atomic E-state index is 0.0407. The van der Waals surface area contributed by atoms with Gasteiger partial charge < -0.3 is 14.4 Å². The fourth-order valence-electron chi connectivity index (χ4n) is 3.72. The SMILES string of the molecule is CCOC(=O)c1ccc(OCC(=O)N2C[C@H](C)N(Cc3ccc(F)cc3)C[C@H]2C)cc1. The third-order valence-corrected chi connectivity index (χ3v) is 5.46. The van der Waals surface area contributed by atoms with Gasteiger partial charge in [-0.15, -0.1) is 0 Å². The Balaban J connectivity index is 1.51. The first-order chi connectivity index (χ1) is 14.9. The predicted molar refractivity (Wildman–Crippen MR) is 115 cm³/mol. The second kappa shape index (κ2) is 10.4. The van der Waals surface area contributed by atoms with Crippen LogP contribution in [0.1, 0.15) is 36.7 Å². The van der Waals surface area contributed by atoms with Gasteiger partial charge in [0.05, 0.1) is 12.2 Å². The van der Waals surface area contributed by atoms with E-state index < -0.39 is 0 Å². The lowest BCUT2D eigenvalue weighted by atomic mass is 10.1. The van der Waals surface area contributed by atoms with E-state index >= 15 is 0 Å². The lowest BCUT2D eigenvalue weighted by molar-refractivity contribution is -0.139. The monoisotopic (exact) mass is 428 g/mol. The van der Waals surface area contributed by atoms with E-state index in [1.807, 2.05) is 11.8 Å². The molecule has 2 aromatic carbocycles. The number of nitrogens with zero attached hydrogens (tertiary/aromatic N) is 2. The van der Waals surface area contributed by atoms with Crippen molar-refractivity contribution in [3.05, 3.63) is 65.5 Å². The zero-order chi connectivity index (χ0) is 22.4. The molecule has 1 aliphatic rings. The van der Waals surface area contributed by atoms with Gasteiger partial charge in [0, 0.05) is 31.7 Å². The van der Waals surface area contributed by atoms with Gasteiger partial charge in [-0.3, -0.25) is 9.69 Å². The third kappa shape index (κ3) is 6.04. The van der Waals surface area contributed by atoms with Crippen LogP contribution in [-0.4, -0.2) is 60.1 Å². The van der Waals surface area contributed by atoms with Crippen LogP contribution in [0.2, 0.25) is 0 Å². The molecular weight excluding hydrogens is 399 g/mol. The van der Waals surface area contributed by atoms with Gasteiger partial charge in [-0.25, -0.2) is 9.18 Å². The number of rotatable bonds is 7. The highest BCUT2D eigenvalue weighted by atomic mass is 19.1. The van der Waals surface area contributed by atoms with Gasteiger partial charge in [0.1, 0.15) is 11.6 Å². The molecule has 0 bridgehead atoms. The van der Waals surface area contributed by atoms with Crippen LogP contribution >= 0.6 is 0 Å². The van der Waals surface area contributed by atoms with Crippen LogP contribution in [0.5, 0.6) is 5.75 Å². The minimum Gasteiger partial charge on any atom is -0.484 e. The van der Waals surface area contributed by atoms with E-state index in [2.05, 4.69) is 11.8 Å². The van der Waals surface area contributed by atoms with Crippen molar-refractivity contribution in [1.82, 2.24) is 9.80 Å². The number of amides is 1. The van der Waals surface area contributed by atoms with Crippen molar-refractivity contribution in [3.63, 3.8) is 0 Å². The molecule has 0 aromatic heterocycles. The first kappa shape index (κ1) is 22.7. The van der Waals surface area contributed by atoms with Gasteiger partial charge in [-0.05, 0) is 62.7 Å². The summed E-state index contributed by atoms with van der Waals surface area (Å²) in [6.45, 7) is 8.18. The van der Waals surface area contributed by atoms with Gasteiger partial charge >= 0.3 is 5.97 Å². The summed E-state index contributed by atoms with van der Waals surface area (Å²) in [7, 11) is 0. The molecule has 6 nitrogen and oxygen atoms in total. The number of benzene rings is 2. The molecule has 0 N–H and O–H groups in total. The highest BCUT2D eigenvalue weighted by Crippen LogP contribution is 2.19. The summed E-state index contributed by atoms with van der Waals surface area (Å²) in [5, 5.41) is 0. The average Bonchev–Trinajstić information content (AvgIpc) is 2.76. The van der Waals surface area contributed by atoms with Crippen molar-refractivity contribution in [2.75, 3.05) is 26.3 Å². The van der Waals surface area contributed by atoms with E-state index in [-0.39, 0.29) is 36.4 Å². The van der Waals surface area contributed by atoms with Crippen molar-refractivity contribution in [1.29, 1.82) is 0 Å². The van der Waals surface area contributed by atoms with Gasteiger partial charge in [-0.1, -0.05) is 12.1 Å². The first-order valence-corrected chi connectivity index (χ1v) is 10.5. The Bertz CT molecular complexity index is 885. The molecular formula is C24H29FN2O4. The van der Waals surface area contributed by atoms with Crippen LogP contribution in [0.4, 0.5) is 4.39 Å². The van der Waals surface area contributed by atoms with Crippen LogP contribution in [0.3, 0.4) is 0 Å². The third-order valence-electron chi connectivity index (χ3n) is 5.46. The Morgan fingerprint density at radius 2 is 1.68 bits per heavy atom. The second-order valence-corrected chi connectivity index (χ2v) is 7.83. The van der Waals surface area contributed by atoms with E-state index in [4.69, 9.17) is 9.47 Å².